The van der Waals surface area contributed by atoms with E-state index in [1.54, 1.807) is 6.26 Å². The van der Waals surface area contributed by atoms with Crippen molar-refractivity contribution in [2.75, 3.05) is 6.54 Å². The summed E-state index contributed by atoms with van der Waals surface area (Å²) < 4.78 is 5.22. The monoisotopic (exact) mass is 135 g/mol. The van der Waals surface area contributed by atoms with Gasteiger partial charge in [0.25, 0.3) is 0 Å². The maximum Gasteiger partial charge on any atom is 0.196 e. The van der Waals surface area contributed by atoms with Crippen LogP contribution in [0, 0.1) is 0 Å². The zero-order chi connectivity index (χ0) is 6.81. The Balaban J connectivity index is 2.25. The highest BCUT2D eigenvalue weighted by atomic mass is 16.5. The summed E-state index contributed by atoms with van der Waals surface area (Å²) in [7, 11) is 0. The molecule has 0 fully saturated rings. The third-order valence-corrected chi connectivity index (χ3v) is 1.61. The summed E-state index contributed by atoms with van der Waals surface area (Å²) in [5, 5.41) is 3.14. The molecule has 52 valence electrons. The van der Waals surface area contributed by atoms with Crippen molar-refractivity contribution in [3.8, 4) is 0 Å². The molecule has 0 aromatic rings. The Bertz CT molecular complexity index is 225. The van der Waals surface area contributed by atoms with Crippen molar-refractivity contribution in [3.63, 3.8) is 0 Å². The van der Waals surface area contributed by atoms with Crippen LogP contribution in [0.5, 0.6) is 0 Å². The van der Waals surface area contributed by atoms with Crippen molar-refractivity contribution in [1.29, 1.82) is 0 Å². The Labute approximate surface area is 59.9 Å². The molecular weight excluding hydrogens is 126 g/mol. The summed E-state index contributed by atoms with van der Waals surface area (Å²) >= 11 is 0. The molecule has 2 rings (SSSR count). The van der Waals surface area contributed by atoms with Gasteiger partial charge >= 0.3 is 0 Å². The van der Waals surface area contributed by atoms with Gasteiger partial charge in [0.1, 0.15) is 0 Å². The Morgan fingerprint density at radius 1 is 1.40 bits per heavy atom. The summed E-state index contributed by atoms with van der Waals surface area (Å²) in [6, 6.07) is 0. The number of allylic oxidation sites excluding steroid dienone is 3. The van der Waals surface area contributed by atoms with Crippen molar-refractivity contribution in [2.24, 2.45) is 0 Å². The van der Waals surface area contributed by atoms with E-state index in [1.807, 2.05) is 6.08 Å². The summed E-state index contributed by atoms with van der Waals surface area (Å²) in [4.78, 5) is 0. The average Bonchev–Trinajstić information content (AvgIpc) is 2.05. The molecule has 2 nitrogen and oxygen atoms in total. The Morgan fingerprint density at radius 3 is 3.30 bits per heavy atom. The molecule has 0 aliphatic carbocycles. The molecule has 0 amide bonds. The van der Waals surface area contributed by atoms with E-state index in [0.29, 0.717) is 0 Å². The number of hydrogen-bond acceptors (Lipinski definition) is 2. The smallest absolute Gasteiger partial charge is 0.196 e. The van der Waals surface area contributed by atoms with Gasteiger partial charge in [-0.2, -0.15) is 0 Å². The first-order valence-electron chi connectivity index (χ1n) is 3.42. The van der Waals surface area contributed by atoms with E-state index in [-0.39, 0.29) is 0 Å². The van der Waals surface area contributed by atoms with Gasteiger partial charge in [0, 0.05) is 12.1 Å². The van der Waals surface area contributed by atoms with E-state index in [4.69, 9.17) is 4.74 Å². The van der Waals surface area contributed by atoms with Gasteiger partial charge in [-0.15, -0.1) is 0 Å². The molecular formula is C8H9NO. The number of ether oxygens (including phenoxy) is 1. The molecule has 2 heteroatoms. The van der Waals surface area contributed by atoms with Crippen LogP contribution < -0.4 is 5.32 Å². The Kier molecular flexibility index (Phi) is 1.24. The first-order valence-corrected chi connectivity index (χ1v) is 3.42. The number of hydrogen-bond donors (Lipinski definition) is 1. The van der Waals surface area contributed by atoms with E-state index in [1.165, 1.54) is 5.57 Å². The van der Waals surface area contributed by atoms with Crippen molar-refractivity contribution < 1.29 is 4.74 Å². The van der Waals surface area contributed by atoms with Gasteiger partial charge in [0.2, 0.25) is 0 Å². The van der Waals surface area contributed by atoms with Gasteiger partial charge in [-0.25, -0.2) is 0 Å². The second kappa shape index (κ2) is 2.21. The molecule has 10 heavy (non-hydrogen) atoms. The fourth-order valence-electron chi connectivity index (χ4n) is 1.11. The van der Waals surface area contributed by atoms with Crippen molar-refractivity contribution in [1.82, 2.24) is 5.32 Å². The van der Waals surface area contributed by atoms with Gasteiger partial charge < -0.3 is 10.1 Å². The molecule has 0 saturated heterocycles. The van der Waals surface area contributed by atoms with Crippen molar-refractivity contribution in [3.05, 3.63) is 35.9 Å². The lowest BCUT2D eigenvalue weighted by molar-refractivity contribution is 0.303. The lowest BCUT2D eigenvalue weighted by Gasteiger charge is -2.18. The maximum absolute atomic E-state index is 5.22. The molecule has 2 aliphatic rings. The summed E-state index contributed by atoms with van der Waals surface area (Å²) in [5.41, 5.74) is 1.24. The topological polar surface area (TPSA) is 21.3 Å². The predicted molar refractivity (Wildman–Crippen MR) is 39.0 cm³/mol. The second-order valence-electron chi connectivity index (χ2n) is 2.33. The standard InChI is InChI=1S/C8H9NO/c1-3-7-4-2-6-10-8(7)9-5-1/h1-3,6,9H,4-5H2. The van der Waals surface area contributed by atoms with Gasteiger partial charge in [-0.05, 0) is 12.5 Å². The highest BCUT2D eigenvalue weighted by Crippen LogP contribution is 2.17. The number of dihydropyridines is 1. The van der Waals surface area contributed by atoms with Crippen LogP contribution in [0.15, 0.2) is 35.9 Å². The van der Waals surface area contributed by atoms with Gasteiger partial charge in [-0.3, -0.25) is 0 Å². The van der Waals surface area contributed by atoms with Gasteiger partial charge in [-0.1, -0.05) is 12.2 Å². The highest BCUT2D eigenvalue weighted by Gasteiger charge is 2.09. The third-order valence-electron chi connectivity index (χ3n) is 1.61. The molecule has 0 bridgehead atoms. The van der Waals surface area contributed by atoms with Crippen LogP contribution in [0.1, 0.15) is 6.42 Å². The summed E-state index contributed by atoms with van der Waals surface area (Å²) in [6.45, 7) is 0.882. The largest absolute Gasteiger partial charge is 0.449 e. The SMILES string of the molecule is C1=CC2=C(NC1)OC=CC2. The van der Waals surface area contributed by atoms with Gasteiger partial charge in [0.05, 0.1) is 6.26 Å². The molecule has 0 saturated carbocycles. The van der Waals surface area contributed by atoms with E-state index < -0.39 is 0 Å². The van der Waals surface area contributed by atoms with Crippen LogP contribution in [0.25, 0.3) is 0 Å². The van der Waals surface area contributed by atoms with E-state index in [2.05, 4.69) is 17.5 Å². The molecule has 1 N–H and O–H groups in total. The quantitative estimate of drug-likeness (QED) is 0.540. The van der Waals surface area contributed by atoms with Crippen molar-refractivity contribution >= 4 is 0 Å². The fraction of sp³-hybridized carbons (Fsp3) is 0.250. The van der Waals surface area contributed by atoms with E-state index >= 15 is 0 Å². The first-order chi connectivity index (χ1) is 4.97. The van der Waals surface area contributed by atoms with Crippen LogP contribution in [0.2, 0.25) is 0 Å². The molecule has 0 unspecified atom stereocenters. The molecule has 2 aliphatic heterocycles. The van der Waals surface area contributed by atoms with Gasteiger partial charge in [0.15, 0.2) is 5.88 Å². The summed E-state index contributed by atoms with van der Waals surface area (Å²) in [5.74, 6) is 0.921. The molecule has 2 heterocycles. The van der Waals surface area contributed by atoms with Crippen LogP contribution in [-0.4, -0.2) is 6.54 Å². The van der Waals surface area contributed by atoms with Crippen LogP contribution in [0.3, 0.4) is 0 Å². The highest BCUT2D eigenvalue weighted by molar-refractivity contribution is 5.29. The average molecular weight is 135 g/mol. The molecule has 0 aromatic heterocycles. The van der Waals surface area contributed by atoms with E-state index in [0.717, 1.165) is 18.8 Å². The van der Waals surface area contributed by atoms with Crippen molar-refractivity contribution in [2.45, 2.75) is 6.42 Å². The minimum atomic E-state index is 0.882. The van der Waals surface area contributed by atoms with Crippen LogP contribution in [0.4, 0.5) is 0 Å². The zero-order valence-electron chi connectivity index (χ0n) is 5.63. The van der Waals surface area contributed by atoms with Crippen LogP contribution in [-0.2, 0) is 4.74 Å². The first kappa shape index (κ1) is 5.59. The predicted octanol–water partition coefficient (Wildman–Crippen LogP) is 1.29. The van der Waals surface area contributed by atoms with E-state index in [9.17, 15) is 0 Å². The minimum absolute atomic E-state index is 0.882. The fourth-order valence-corrected chi connectivity index (χ4v) is 1.11. The number of rotatable bonds is 0. The Hall–Kier alpha value is -1.18. The molecule has 0 atom stereocenters. The Morgan fingerprint density at radius 2 is 2.40 bits per heavy atom. The zero-order valence-corrected chi connectivity index (χ0v) is 5.63. The molecule has 0 spiro atoms. The summed E-state index contributed by atoms with van der Waals surface area (Å²) in [6.07, 6.45) is 8.93. The third kappa shape index (κ3) is 0.817. The molecule has 0 aromatic carbocycles. The lowest BCUT2D eigenvalue weighted by atomic mass is 10.1. The van der Waals surface area contributed by atoms with Crippen LogP contribution >= 0.6 is 0 Å². The maximum atomic E-state index is 5.22. The number of nitrogens with one attached hydrogen (secondary N) is 1. The normalized spacial score (nSPS) is 21.6. The molecule has 0 radical (unpaired) electrons. The second-order valence-corrected chi connectivity index (χ2v) is 2.33. The minimum Gasteiger partial charge on any atom is -0.449 e. The lowest BCUT2D eigenvalue weighted by Crippen LogP contribution is -2.20.